The molecule has 0 atom stereocenters. The molecule has 1 fully saturated rings. The van der Waals surface area contributed by atoms with Gasteiger partial charge in [0, 0.05) is 11.9 Å². The lowest BCUT2D eigenvalue weighted by Crippen LogP contribution is -2.51. The second-order valence-electron chi connectivity index (χ2n) is 4.76. The Bertz CT molecular complexity index is 397. The number of alkyl halides is 1. The Morgan fingerprint density at radius 1 is 1.53 bits per heavy atom. The van der Waals surface area contributed by atoms with Gasteiger partial charge in [-0.25, -0.2) is 0 Å². The summed E-state index contributed by atoms with van der Waals surface area (Å²) < 4.78 is 4.95. The molecule has 1 saturated carbocycles. The molecule has 1 N–H and O–H groups in total. The van der Waals surface area contributed by atoms with Crippen LogP contribution in [0.1, 0.15) is 48.4 Å². The van der Waals surface area contributed by atoms with Gasteiger partial charge in [0.2, 0.25) is 5.76 Å². The van der Waals surface area contributed by atoms with Crippen molar-refractivity contribution in [2.45, 2.75) is 44.6 Å². The predicted octanol–water partition coefficient (Wildman–Crippen LogP) is 2.65. The van der Waals surface area contributed by atoms with Gasteiger partial charge in [-0.3, -0.25) is 4.79 Å². The Kier molecular flexibility index (Phi) is 3.72. The number of carbonyl (C=O) groups is 1. The van der Waals surface area contributed by atoms with Crippen molar-refractivity contribution in [2.24, 2.45) is 0 Å². The summed E-state index contributed by atoms with van der Waals surface area (Å²) in [4.78, 5) is 12.0. The molecule has 1 aliphatic carbocycles. The minimum Gasteiger partial charge on any atom is -0.351 e. The average Bonchev–Trinajstić information content (AvgIpc) is 2.77. The van der Waals surface area contributed by atoms with Gasteiger partial charge in [0.1, 0.15) is 0 Å². The zero-order valence-corrected chi connectivity index (χ0v) is 10.7. The normalized spacial score (nSPS) is 18.9. The molecule has 1 heterocycles. The fourth-order valence-electron chi connectivity index (χ4n) is 2.29. The third kappa shape index (κ3) is 2.80. The predicted molar refractivity (Wildman–Crippen MR) is 65.2 cm³/mol. The first-order valence-electron chi connectivity index (χ1n) is 5.97. The molecule has 0 saturated heterocycles. The van der Waals surface area contributed by atoms with Gasteiger partial charge in [0.15, 0.2) is 0 Å². The number of nitrogens with one attached hydrogen (secondary N) is 1. The number of amides is 1. The summed E-state index contributed by atoms with van der Waals surface area (Å²) in [5.41, 5.74) is 0.441. The van der Waals surface area contributed by atoms with Gasteiger partial charge < -0.3 is 9.84 Å². The summed E-state index contributed by atoms with van der Waals surface area (Å²) in [5, 5.41) is 6.72. The fraction of sp³-hybridized carbons (Fsp3) is 0.667. The lowest BCUT2D eigenvalue weighted by Gasteiger charge is -2.36. The number of halogens is 1. The maximum atomic E-state index is 12.0. The lowest BCUT2D eigenvalue weighted by molar-refractivity contribution is 0.0847. The van der Waals surface area contributed by atoms with Crippen LogP contribution in [0.4, 0.5) is 0 Å². The van der Waals surface area contributed by atoms with Crippen molar-refractivity contribution in [1.82, 2.24) is 10.5 Å². The van der Waals surface area contributed by atoms with Gasteiger partial charge >= 0.3 is 0 Å². The summed E-state index contributed by atoms with van der Waals surface area (Å²) in [7, 11) is 0. The van der Waals surface area contributed by atoms with Crippen molar-refractivity contribution in [1.29, 1.82) is 0 Å². The Hall–Kier alpha value is -1.03. The summed E-state index contributed by atoms with van der Waals surface area (Å²) in [6, 6.07) is 1.64. The first kappa shape index (κ1) is 12.4. The number of rotatable bonds is 3. The molecule has 0 aliphatic heterocycles. The molecule has 1 aliphatic rings. The molecule has 0 aromatic carbocycles. The van der Waals surface area contributed by atoms with Crippen molar-refractivity contribution in [2.75, 3.05) is 5.88 Å². The van der Waals surface area contributed by atoms with E-state index in [4.69, 9.17) is 16.1 Å². The second-order valence-corrected chi connectivity index (χ2v) is 5.03. The summed E-state index contributed by atoms with van der Waals surface area (Å²) >= 11 is 6.01. The van der Waals surface area contributed by atoms with Crippen LogP contribution in [-0.4, -0.2) is 22.5 Å². The van der Waals surface area contributed by atoms with E-state index < -0.39 is 0 Å². The van der Waals surface area contributed by atoms with Gasteiger partial charge in [-0.1, -0.05) is 24.4 Å². The van der Waals surface area contributed by atoms with Crippen LogP contribution in [0.5, 0.6) is 0 Å². The molecule has 17 heavy (non-hydrogen) atoms. The fourth-order valence-corrected chi connectivity index (χ4v) is 2.63. The molecule has 4 nitrogen and oxygen atoms in total. The van der Waals surface area contributed by atoms with Crippen LogP contribution in [0.15, 0.2) is 10.6 Å². The van der Waals surface area contributed by atoms with Crippen LogP contribution < -0.4 is 5.32 Å². The minimum absolute atomic E-state index is 0.215. The smallest absolute Gasteiger partial charge is 0.290 e. The number of hydrogen-bond donors (Lipinski definition) is 1. The van der Waals surface area contributed by atoms with Gasteiger partial charge in [-0.2, -0.15) is 0 Å². The molecule has 0 unspecified atom stereocenters. The second kappa shape index (κ2) is 5.08. The molecule has 0 radical (unpaired) electrons. The maximum absolute atomic E-state index is 12.0. The molecule has 1 amide bonds. The van der Waals surface area contributed by atoms with Crippen molar-refractivity contribution >= 4 is 17.5 Å². The van der Waals surface area contributed by atoms with Crippen LogP contribution in [0.2, 0.25) is 0 Å². The van der Waals surface area contributed by atoms with E-state index in [2.05, 4.69) is 10.5 Å². The van der Waals surface area contributed by atoms with Gasteiger partial charge in [-0.05, 0) is 19.8 Å². The zero-order valence-electron chi connectivity index (χ0n) is 9.96. The highest BCUT2D eigenvalue weighted by atomic mass is 35.5. The van der Waals surface area contributed by atoms with E-state index in [1.807, 2.05) is 0 Å². The van der Waals surface area contributed by atoms with E-state index in [0.717, 1.165) is 25.7 Å². The van der Waals surface area contributed by atoms with E-state index in [1.165, 1.54) is 6.42 Å². The van der Waals surface area contributed by atoms with Crippen LogP contribution in [0.25, 0.3) is 0 Å². The van der Waals surface area contributed by atoms with E-state index in [9.17, 15) is 4.79 Å². The molecule has 2 rings (SSSR count). The van der Waals surface area contributed by atoms with Gasteiger partial charge in [0.05, 0.1) is 11.2 Å². The Balaban J connectivity index is 2.05. The Morgan fingerprint density at radius 2 is 2.24 bits per heavy atom. The monoisotopic (exact) mass is 256 g/mol. The van der Waals surface area contributed by atoms with Crippen LogP contribution in [0, 0.1) is 6.92 Å². The van der Waals surface area contributed by atoms with Crippen LogP contribution >= 0.6 is 11.6 Å². The number of carbonyl (C=O) groups excluding carboxylic acids is 1. The van der Waals surface area contributed by atoms with Gasteiger partial charge in [-0.15, -0.1) is 11.6 Å². The number of aryl methyl sites for hydroxylation is 1. The molecule has 1 aromatic rings. The molecule has 0 spiro atoms. The summed E-state index contributed by atoms with van der Waals surface area (Å²) in [6.07, 6.45) is 5.32. The van der Waals surface area contributed by atoms with Crippen molar-refractivity contribution in [3.63, 3.8) is 0 Å². The quantitative estimate of drug-likeness (QED) is 0.846. The van der Waals surface area contributed by atoms with E-state index in [-0.39, 0.29) is 17.2 Å². The van der Waals surface area contributed by atoms with E-state index in [0.29, 0.717) is 11.6 Å². The molecule has 94 valence electrons. The Morgan fingerprint density at radius 3 is 2.76 bits per heavy atom. The van der Waals surface area contributed by atoms with Crippen molar-refractivity contribution in [3.8, 4) is 0 Å². The lowest BCUT2D eigenvalue weighted by atomic mass is 9.83. The molecule has 5 heteroatoms. The topological polar surface area (TPSA) is 55.1 Å². The van der Waals surface area contributed by atoms with Gasteiger partial charge in [0.25, 0.3) is 5.91 Å². The SMILES string of the molecule is Cc1cc(C(=O)NC2(CCl)CCCCC2)on1. The highest BCUT2D eigenvalue weighted by Gasteiger charge is 2.33. The molecule has 0 bridgehead atoms. The third-order valence-electron chi connectivity index (χ3n) is 3.30. The summed E-state index contributed by atoms with van der Waals surface area (Å²) in [5.74, 6) is 0.497. The molecular formula is C12H17ClN2O2. The summed E-state index contributed by atoms with van der Waals surface area (Å²) in [6.45, 7) is 1.79. The minimum atomic E-state index is -0.266. The first-order chi connectivity index (χ1) is 8.15. The third-order valence-corrected chi connectivity index (χ3v) is 3.81. The van der Waals surface area contributed by atoms with E-state index >= 15 is 0 Å². The number of nitrogens with zero attached hydrogens (tertiary/aromatic N) is 1. The van der Waals surface area contributed by atoms with E-state index in [1.54, 1.807) is 13.0 Å². The largest absolute Gasteiger partial charge is 0.351 e. The highest BCUT2D eigenvalue weighted by molar-refractivity contribution is 6.18. The average molecular weight is 257 g/mol. The first-order valence-corrected chi connectivity index (χ1v) is 6.50. The molecule has 1 aromatic heterocycles. The standard InChI is InChI=1S/C12H17ClN2O2/c1-9-7-10(17-15-9)11(16)14-12(8-13)5-3-2-4-6-12/h7H,2-6,8H2,1H3,(H,14,16). The molecular weight excluding hydrogens is 240 g/mol. The van der Waals surface area contributed by atoms with Crippen molar-refractivity contribution < 1.29 is 9.32 Å². The maximum Gasteiger partial charge on any atom is 0.290 e. The Labute approximate surface area is 106 Å². The number of aromatic nitrogens is 1. The zero-order chi connectivity index (χ0) is 12.3. The number of hydrogen-bond acceptors (Lipinski definition) is 3. The highest BCUT2D eigenvalue weighted by Crippen LogP contribution is 2.29. The van der Waals surface area contributed by atoms with Crippen LogP contribution in [0.3, 0.4) is 0 Å². The van der Waals surface area contributed by atoms with Crippen LogP contribution in [-0.2, 0) is 0 Å². The van der Waals surface area contributed by atoms with Crippen molar-refractivity contribution in [3.05, 3.63) is 17.5 Å².